The van der Waals surface area contributed by atoms with E-state index in [-0.39, 0.29) is 30.8 Å². The summed E-state index contributed by atoms with van der Waals surface area (Å²) in [6.45, 7) is 2.92. The van der Waals surface area contributed by atoms with Gasteiger partial charge in [0.25, 0.3) is 0 Å². The molecule has 2 atom stereocenters. The highest BCUT2D eigenvalue weighted by molar-refractivity contribution is 5.89. The number of nitrogens with zero attached hydrogens (tertiary/aromatic N) is 1. The summed E-state index contributed by atoms with van der Waals surface area (Å²) >= 11 is 0. The second-order valence-corrected chi connectivity index (χ2v) is 6.05. The molecule has 2 heterocycles. The summed E-state index contributed by atoms with van der Waals surface area (Å²) in [6.07, 6.45) is 2.27. The van der Waals surface area contributed by atoms with E-state index in [1.807, 2.05) is 24.3 Å². The Balaban J connectivity index is 1.70. The molecule has 0 aromatic heterocycles. The molecule has 6 heteroatoms. The van der Waals surface area contributed by atoms with Crippen LogP contribution in [0.5, 0.6) is 0 Å². The number of hydrogen-bond acceptors (Lipinski definition) is 4. The van der Waals surface area contributed by atoms with Gasteiger partial charge in [-0.25, -0.2) is 4.79 Å². The third-order valence-electron chi connectivity index (χ3n) is 4.20. The van der Waals surface area contributed by atoms with E-state index in [0.717, 1.165) is 30.7 Å². The van der Waals surface area contributed by atoms with E-state index in [4.69, 9.17) is 9.47 Å². The number of anilines is 1. The van der Waals surface area contributed by atoms with Gasteiger partial charge >= 0.3 is 6.09 Å². The number of amides is 2. The van der Waals surface area contributed by atoms with Crippen LogP contribution in [0.25, 0.3) is 0 Å². The molecular formula is C17H22N2O4. The van der Waals surface area contributed by atoms with Crippen LogP contribution in [0.4, 0.5) is 10.5 Å². The van der Waals surface area contributed by atoms with E-state index >= 15 is 0 Å². The van der Waals surface area contributed by atoms with Crippen molar-refractivity contribution in [2.24, 2.45) is 0 Å². The lowest BCUT2D eigenvalue weighted by atomic mass is 9.98. The molecule has 2 unspecified atom stereocenters. The van der Waals surface area contributed by atoms with Crippen LogP contribution in [0.3, 0.4) is 0 Å². The number of nitrogens with one attached hydrogen (secondary N) is 1. The summed E-state index contributed by atoms with van der Waals surface area (Å²) in [4.78, 5) is 25.4. The van der Waals surface area contributed by atoms with Gasteiger partial charge in [0.2, 0.25) is 5.91 Å². The maximum atomic E-state index is 12.5. The molecule has 2 amide bonds. The first-order valence-corrected chi connectivity index (χ1v) is 8.04. The monoisotopic (exact) mass is 318 g/mol. The van der Waals surface area contributed by atoms with E-state index in [9.17, 15) is 9.59 Å². The number of benzene rings is 1. The summed E-state index contributed by atoms with van der Waals surface area (Å²) < 4.78 is 10.9. The molecule has 1 aromatic rings. The van der Waals surface area contributed by atoms with Crippen LogP contribution < -0.4 is 10.2 Å². The number of ether oxygens (including phenoxy) is 2. The van der Waals surface area contributed by atoms with Crippen LogP contribution >= 0.6 is 0 Å². The number of hydrogen-bond donors (Lipinski definition) is 1. The Morgan fingerprint density at radius 2 is 2.22 bits per heavy atom. The minimum Gasteiger partial charge on any atom is -0.446 e. The van der Waals surface area contributed by atoms with E-state index in [1.165, 1.54) is 6.92 Å². The number of para-hydroxylation sites is 1. The maximum Gasteiger partial charge on any atom is 0.414 e. The number of carbonyl (C=O) groups excluding carboxylic acids is 2. The van der Waals surface area contributed by atoms with Crippen molar-refractivity contribution in [3.05, 3.63) is 29.8 Å². The minimum atomic E-state index is -0.386. The predicted octanol–water partition coefficient (Wildman–Crippen LogP) is 1.87. The van der Waals surface area contributed by atoms with Crippen molar-refractivity contribution in [3.8, 4) is 0 Å². The molecule has 3 rings (SSSR count). The predicted molar refractivity (Wildman–Crippen MR) is 85.4 cm³/mol. The highest BCUT2D eigenvalue weighted by Gasteiger charge is 2.30. The van der Waals surface area contributed by atoms with Gasteiger partial charge in [0.15, 0.2) is 0 Å². The van der Waals surface area contributed by atoms with Crippen LogP contribution in [-0.4, -0.2) is 43.9 Å². The standard InChI is InChI=1S/C17H22N2O4/c1-12(20)18-14-9-13-5-2-3-7-16(13)19(10-14)17(21)23-11-15-6-4-8-22-15/h2-3,5,7,14-15H,4,6,8-11H2,1H3,(H,18,20). The Hall–Kier alpha value is -2.08. The lowest BCUT2D eigenvalue weighted by Gasteiger charge is -2.34. The van der Waals surface area contributed by atoms with E-state index in [0.29, 0.717) is 13.0 Å². The molecule has 0 bridgehead atoms. The number of fused-ring (bicyclic) bond motifs is 1. The molecule has 1 saturated heterocycles. The van der Waals surface area contributed by atoms with Crippen LogP contribution in [0.15, 0.2) is 24.3 Å². The zero-order valence-electron chi connectivity index (χ0n) is 13.3. The van der Waals surface area contributed by atoms with Crippen LogP contribution in [0.2, 0.25) is 0 Å². The van der Waals surface area contributed by atoms with E-state index in [1.54, 1.807) is 4.90 Å². The second kappa shape index (κ2) is 7.00. The van der Waals surface area contributed by atoms with Crippen molar-refractivity contribution in [1.82, 2.24) is 5.32 Å². The second-order valence-electron chi connectivity index (χ2n) is 6.05. The Bertz CT molecular complexity index is 584. The summed E-state index contributed by atoms with van der Waals surface area (Å²) in [7, 11) is 0. The lowest BCUT2D eigenvalue weighted by Crippen LogP contribution is -2.50. The van der Waals surface area contributed by atoms with Gasteiger partial charge in [0.05, 0.1) is 17.8 Å². The average Bonchev–Trinajstić information content (AvgIpc) is 3.04. The summed E-state index contributed by atoms with van der Waals surface area (Å²) in [5.41, 5.74) is 1.89. The lowest BCUT2D eigenvalue weighted by molar-refractivity contribution is -0.119. The quantitative estimate of drug-likeness (QED) is 0.924. The summed E-state index contributed by atoms with van der Waals surface area (Å²) in [5.74, 6) is -0.0953. The normalized spacial score (nSPS) is 23.3. The minimum absolute atomic E-state index is 0.00475. The van der Waals surface area contributed by atoms with Crippen LogP contribution in [0.1, 0.15) is 25.3 Å². The van der Waals surface area contributed by atoms with Crippen molar-refractivity contribution >= 4 is 17.7 Å². The fraction of sp³-hybridized carbons (Fsp3) is 0.529. The Labute approximate surface area is 135 Å². The third kappa shape index (κ3) is 3.82. The van der Waals surface area contributed by atoms with Crippen LogP contribution in [-0.2, 0) is 20.7 Å². The molecule has 0 saturated carbocycles. The fourth-order valence-corrected chi connectivity index (χ4v) is 3.17. The Morgan fingerprint density at radius 3 is 2.96 bits per heavy atom. The molecule has 2 aliphatic heterocycles. The maximum absolute atomic E-state index is 12.5. The molecule has 1 aromatic carbocycles. The first-order valence-electron chi connectivity index (χ1n) is 8.04. The molecular weight excluding hydrogens is 296 g/mol. The Kier molecular flexibility index (Phi) is 4.81. The van der Waals surface area contributed by atoms with Gasteiger partial charge in [-0.05, 0) is 30.9 Å². The zero-order chi connectivity index (χ0) is 16.2. The topological polar surface area (TPSA) is 67.9 Å². The van der Waals surface area contributed by atoms with Gasteiger partial charge in [-0.15, -0.1) is 0 Å². The molecule has 1 fully saturated rings. The molecule has 1 N–H and O–H groups in total. The highest BCUT2D eigenvalue weighted by atomic mass is 16.6. The fourth-order valence-electron chi connectivity index (χ4n) is 3.17. The summed E-state index contributed by atoms with van der Waals surface area (Å²) in [5, 5.41) is 2.89. The smallest absolute Gasteiger partial charge is 0.414 e. The van der Waals surface area contributed by atoms with Crippen LogP contribution in [0, 0.1) is 0 Å². The van der Waals surface area contributed by atoms with Gasteiger partial charge in [-0.3, -0.25) is 9.69 Å². The van der Waals surface area contributed by atoms with Crippen molar-refractivity contribution in [2.45, 2.75) is 38.3 Å². The SMILES string of the molecule is CC(=O)NC1Cc2ccccc2N(C(=O)OCC2CCCO2)C1. The molecule has 0 aliphatic carbocycles. The Morgan fingerprint density at radius 1 is 1.39 bits per heavy atom. The number of rotatable bonds is 3. The van der Waals surface area contributed by atoms with Gasteiger partial charge in [0.1, 0.15) is 6.61 Å². The first kappa shape index (κ1) is 15.8. The van der Waals surface area contributed by atoms with Crippen molar-refractivity contribution in [2.75, 3.05) is 24.7 Å². The third-order valence-corrected chi connectivity index (χ3v) is 4.20. The molecule has 124 valence electrons. The van der Waals surface area contributed by atoms with Crippen molar-refractivity contribution in [1.29, 1.82) is 0 Å². The summed E-state index contributed by atoms with van der Waals surface area (Å²) in [6, 6.07) is 7.62. The van der Waals surface area contributed by atoms with Crippen molar-refractivity contribution < 1.29 is 19.1 Å². The van der Waals surface area contributed by atoms with Crippen molar-refractivity contribution in [3.63, 3.8) is 0 Å². The largest absolute Gasteiger partial charge is 0.446 e. The molecule has 6 nitrogen and oxygen atoms in total. The number of carbonyl (C=O) groups is 2. The average molecular weight is 318 g/mol. The molecule has 2 aliphatic rings. The molecule has 0 spiro atoms. The highest BCUT2D eigenvalue weighted by Crippen LogP contribution is 2.27. The zero-order valence-corrected chi connectivity index (χ0v) is 13.3. The van der Waals surface area contributed by atoms with E-state index in [2.05, 4.69) is 5.32 Å². The van der Waals surface area contributed by atoms with Gasteiger partial charge in [-0.2, -0.15) is 0 Å². The van der Waals surface area contributed by atoms with E-state index < -0.39 is 0 Å². The molecule has 0 radical (unpaired) electrons. The van der Waals surface area contributed by atoms with Gasteiger partial charge in [-0.1, -0.05) is 18.2 Å². The van der Waals surface area contributed by atoms with Gasteiger partial charge in [0, 0.05) is 20.1 Å². The first-order chi connectivity index (χ1) is 11.1. The van der Waals surface area contributed by atoms with Gasteiger partial charge < -0.3 is 14.8 Å². The molecule has 23 heavy (non-hydrogen) atoms.